The summed E-state index contributed by atoms with van der Waals surface area (Å²) in [5, 5.41) is 0. The van der Waals surface area contributed by atoms with Crippen LogP contribution in [-0.4, -0.2) is 5.88 Å². The summed E-state index contributed by atoms with van der Waals surface area (Å²) >= 11 is 5.49. The molecule has 1 aromatic rings. The fraction of sp³-hybridized carbons (Fsp3) is 0.273. The molecule has 0 fully saturated rings. The van der Waals surface area contributed by atoms with Crippen molar-refractivity contribution in [2.45, 2.75) is 13.3 Å². The van der Waals surface area contributed by atoms with Crippen LogP contribution in [0.15, 0.2) is 24.3 Å². The fourth-order valence-electron chi connectivity index (χ4n) is 1.06. The lowest BCUT2D eigenvalue weighted by Gasteiger charge is -1.97. The quantitative estimate of drug-likeness (QED) is 0.649. The molecule has 0 heterocycles. The van der Waals surface area contributed by atoms with Crippen molar-refractivity contribution in [3.63, 3.8) is 0 Å². The van der Waals surface area contributed by atoms with Crippen molar-refractivity contribution in [1.29, 1.82) is 0 Å². The van der Waals surface area contributed by atoms with Crippen LogP contribution in [0.25, 0.3) is 6.08 Å². The highest BCUT2D eigenvalue weighted by Gasteiger charge is 1.96. The number of allylic oxidation sites excluding steroid dienone is 1. The van der Waals surface area contributed by atoms with E-state index in [-0.39, 0.29) is 5.82 Å². The van der Waals surface area contributed by atoms with Crippen LogP contribution in [-0.2, 0) is 0 Å². The summed E-state index contributed by atoms with van der Waals surface area (Å²) in [5.74, 6) is 0.389. The molecule has 0 N–H and O–H groups in total. The summed E-state index contributed by atoms with van der Waals surface area (Å²) in [4.78, 5) is 0. The zero-order valence-electron chi connectivity index (χ0n) is 7.56. The number of aryl methyl sites for hydroxylation is 1. The van der Waals surface area contributed by atoms with Gasteiger partial charge in [0.05, 0.1) is 0 Å². The third-order valence-electron chi connectivity index (χ3n) is 1.72. The molecule has 0 aliphatic carbocycles. The fourth-order valence-corrected chi connectivity index (χ4v) is 1.19. The SMILES string of the molecule is Cc1ccc(F)c(/C=C/CCCl)c1. The molecule has 0 aliphatic heterocycles. The molecule has 0 atom stereocenters. The van der Waals surface area contributed by atoms with E-state index in [4.69, 9.17) is 11.6 Å². The second-order valence-corrected chi connectivity index (χ2v) is 3.28. The minimum absolute atomic E-state index is 0.184. The molecule has 0 unspecified atom stereocenters. The molecule has 1 aromatic carbocycles. The Morgan fingerprint density at radius 3 is 2.92 bits per heavy atom. The standard InChI is InChI=1S/C11H12ClF/c1-9-5-6-11(13)10(8-9)4-2-3-7-12/h2,4-6,8H,3,7H2,1H3/b4-2+. The smallest absolute Gasteiger partial charge is 0.130 e. The Bertz CT molecular complexity index is 305. The molecular weight excluding hydrogens is 187 g/mol. The normalized spacial score (nSPS) is 11.0. The van der Waals surface area contributed by atoms with Gasteiger partial charge in [0.25, 0.3) is 0 Å². The van der Waals surface area contributed by atoms with E-state index < -0.39 is 0 Å². The molecule has 0 bridgehead atoms. The van der Waals surface area contributed by atoms with E-state index >= 15 is 0 Å². The zero-order valence-corrected chi connectivity index (χ0v) is 8.31. The minimum atomic E-state index is -0.184. The summed E-state index contributed by atoms with van der Waals surface area (Å²) in [6, 6.07) is 5.06. The van der Waals surface area contributed by atoms with E-state index in [1.165, 1.54) is 6.07 Å². The highest BCUT2D eigenvalue weighted by atomic mass is 35.5. The first-order chi connectivity index (χ1) is 6.24. The van der Waals surface area contributed by atoms with Gasteiger partial charge in [-0.25, -0.2) is 4.39 Å². The predicted octanol–water partition coefficient (Wildman–Crippen LogP) is 3.78. The second-order valence-electron chi connectivity index (χ2n) is 2.90. The van der Waals surface area contributed by atoms with Crippen molar-refractivity contribution >= 4 is 17.7 Å². The maximum atomic E-state index is 13.1. The van der Waals surface area contributed by atoms with E-state index in [2.05, 4.69) is 0 Å². The lowest BCUT2D eigenvalue weighted by Crippen LogP contribution is -1.83. The summed E-state index contributed by atoms with van der Waals surface area (Å²) < 4.78 is 13.1. The van der Waals surface area contributed by atoms with E-state index in [1.54, 1.807) is 12.1 Å². The van der Waals surface area contributed by atoms with Gasteiger partial charge in [0.15, 0.2) is 0 Å². The van der Waals surface area contributed by atoms with Crippen LogP contribution in [0.4, 0.5) is 4.39 Å². The van der Waals surface area contributed by atoms with Crippen LogP contribution in [0.2, 0.25) is 0 Å². The Balaban J connectivity index is 2.81. The van der Waals surface area contributed by atoms with Crippen molar-refractivity contribution in [2.75, 3.05) is 5.88 Å². The van der Waals surface area contributed by atoms with Gasteiger partial charge in [-0.3, -0.25) is 0 Å². The van der Waals surface area contributed by atoms with Crippen LogP contribution < -0.4 is 0 Å². The van der Waals surface area contributed by atoms with Crippen molar-refractivity contribution in [3.8, 4) is 0 Å². The largest absolute Gasteiger partial charge is 0.206 e. The minimum Gasteiger partial charge on any atom is -0.206 e. The van der Waals surface area contributed by atoms with Crippen molar-refractivity contribution in [2.24, 2.45) is 0 Å². The lowest BCUT2D eigenvalue weighted by atomic mass is 10.1. The van der Waals surface area contributed by atoms with Crippen LogP contribution in [0.3, 0.4) is 0 Å². The van der Waals surface area contributed by atoms with Gasteiger partial charge in [-0.15, -0.1) is 11.6 Å². The average Bonchev–Trinajstić information content (AvgIpc) is 2.11. The van der Waals surface area contributed by atoms with Crippen molar-refractivity contribution < 1.29 is 4.39 Å². The molecule has 0 aromatic heterocycles. The molecule has 1 rings (SSSR count). The average molecular weight is 199 g/mol. The van der Waals surface area contributed by atoms with Gasteiger partial charge in [-0.1, -0.05) is 23.8 Å². The monoisotopic (exact) mass is 198 g/mol. The highest BCUT2D eigenvalue weighted by molar-refractivity contribution is 6.17. The maximum absolute atomic E-state index is 13.1. The van der Waals surface area contributed by atoms with Crippen LogP contribution in [0.1, 0.15) is 17.5 Å². The van der Waals surface area contributed by atoms with E-state index in [9.17, 15) is 4.39 Å². The van der Waals surface area contributed by atoms with Gasteiger partial charge in [-0.2, -0.15) is 0 Å². The summed E-state index contributed by atoms with van der Waals surface area (Å²) in [6.45, 7) is 1.94. The highest BCUT2D eigenvalue weighted by Crippen LogP contribution is 2.11. The maximum Gasteiger partial charge on any atom is 0.130 e. The van der Waals surface area contributed by atoms with Gasteiger partial charge in [0.1, 0.15) is 5.82 Å². The molecular formula is C11H12ClF. The van der Waals surface area contributed by atoms with Crippen molar-refractivity contribution in [3.05, 3.63) is 41.2 Å². The summed E-state index contributed by atoms with van der Waals surface area (Å²) in [7, 11) is 0. The van der Waals surface area contributed by atoms with Gasteiger partial charge in [-0.05, 0) is 25.5 Å². The Hall–Kier alpha value is -0.820. The predicted molar refractivity (Wildman–Crippen MR) is 55.5 cm³/mol. The molecule has 0 nitrogen and oxygen atoms in total. The molecule has 0 radical (unpaired) electrons. The summed E-state index contributed by atoms with van der Waals surface area (Å²) in [5.41, 5.74) is 1.69. The number of rotatable bonds is 3. The molecule has 0 aliphatic rings. The van der Waals surface area contributed by atoms with Gasteiger partial charge < -0.3 is 0 Å². The third-order valence-corrected chi connectivity index (χ3v) is 1.94. The van der Waals surface area contributed by atoms with Gasteiger partial charge >= 0.3 is 0 Å². The molecule has 0 amide bonds. The van der Waals surface area contributed by atoms with Crippen molar-refractivity contribution in [1.82, 2.24) is 0 Å². The zero-order chi connectivity index (χ0) is 9.68. The Morgan fingerprint density at radius 1 is 1.46 bits per heavy atom. The molecule has 70 valence electrons. The molecule has 13 heavy (non-hydrogen) atoms. The van der Waals surface area contributed by atoms with Gasteiger partial charge in [0, 0.05) is 11.4 Å². The lowest BCUT2D eigenvalue weighted by molar-refractivity contribution is 0.624. The van der Waals surface area contributed by atoms with E-state index in [0.29, 0.717) is 11.4 Å². The third kappa shape index (κ3) is 3.19. The number of alkyl halides is 1. The summed E-state index contributed by atoms with van der Waals surface area (Å²) in [6.07, 6.45) is 4.42. The molecule has 0 saturated heterocycles. The van der Waals surface area contributed by atoms with Gasteiger partial charge in [0.2, 0.25) is 0 Å². The van der Waals surface area contributed by atoms with Crippen LogP contribution >= 0.6 is 11.6 Å². The first-order valence-corrected chi connectivity index (χ1v) is 4.76. The Labute approximate surface area is 83.0 Å². The number of hydrogen-bond acceptors (Lipinski definition) is 0. The van der Waals surface area contributed by atoms with E-state index in [1.807, 2.05) is 19.1 Å². The van der Waals surface area contributed by atoms with Crippen LogP contribution in [0, 0.1) is 12.7 Å². The number of hydrogen-bond donors (Lipinski definition) is 0. The Morgan fingerprint density at radius 2 is 2.23 bits per heavy atom. The van der Waals surface area contributed by atoms with Crippen LogP contribution in [0.5, 0.6) is 0 Å². The molecule has 0 saturated carbocycles. The number of benzene rings is 1. The van der Waals surface area contributed by atoms with E-state index in [0.717, 1.165) is 12.0 Å². The first kappa shape index (κ1) is 10.3. The second kappa shape index (κ2) is 5.03. The molecule has 2 heteroatoms. The molecule has 0 spiro atoms. The topological polar surface area (TPSA) is 0 Å². The Kier molecular flexibility index (Phi) is 3.97. The number of halogens is 2. The first-order valence-electron chi connectivity index (χ1n) is 4.22.